The molecule has 0 bridgehead atoms. The molecule has 1 aliphatic rings. The number of benzene rings is 3. The van der Waals surface area contributed by atoms with Crippen LogP contribution in [0, 0.1) is 5.92 Å². The Kier molecular flexibility index (Phi) is 5.99. The lowest BCUT2D eigenvalue weighted by Crippen LogP contribution is -2.48. The second-order valence-corrected chi connectivity index (χ2v) is 9.38. The summed E-state index contributed by atoms with van der Waals surface area (Å²) in [5, 5.41) is 1.54. The molecule has 178 valence electrons. The fraction of sp³-hybridized carbons (Fsp3) is 0.214. The number of hydrogen-bond acceptors (Lipinski definition) is 5. The zero-order chi connectivity index (χ0) is 24.6. The molecule has 3 aromatic carbocycles. The van der Waals surface area contributed by atoms with Gasteiger partial charge >= 0.3 is 11.9 Å². The molecule has 1 fully saturated rings. The van der Waals surface area contributed by atoms with Gasteiger partial charge in [-0.2, -0.15) is 0 Å². The van der Waals surface area contributed by atoms with Crippen molar-refractivity contribution in [2.45, 2.75) is 32.2 Å². The molecule has 35 heavy (non-hydrogen) atoms. The van der Waals surface area contributed by atoms with E-state index >= 15 is 0 Å². The molecule has 1 saturated heterocycles. The molecule has 1 aromatic heterocycles. The van der Waals surface area contributed by atoms with E-state index in [4.69, 9.17) is 25.8 Å². The third-order valence-corrected chi connectivity index (χ3v) is 6.30. The van der Waals surface area contributed by atoms with Gasteiger partial charge < -0.3 is 19.2 Å². The van der Waals surface area contributed by atoms with E-state index in [0.717, 1.165) is 22.0 Å². The number of hydrogen-bond donors (Lipinski definition) is 1. The molecule has 4 aromatic rings. The summed E-state index contributed by atoms with van der Waals surface area (Å²) >= 11 is 6.00. The number of nitrogens with one attached hydrogen (secondary N) is 1. The maximum atomic E-state index is 13.2. The van der Waals surface area contributed by atoms with Crippen LogP contribution in [0.15, 0.2) is 79.0 Å². The van der Waals surface area contributed by atoms with Crippen molar-refractivity contribution >= 4 is 34.4 Å². The van der Waals surface area contributed by atoms with Crippen molar-refractivity contribution in [1.29, 1.82) is 0 Å². The number of rotatable bonds is 6. The molecule has 1 aliphatic heterocycles. The van der Waals surface area contributed by atoms with Gasteiger partial charge in [-0.05, 0) is 35.4 Å². The number of fused-ring (bicyclic) bond motifs is 1. The van der Waals surface area contributed by atoms with E-state index in [9.17, 15) is 9.59 Å². The van der Waals surface area contributed by atoms with Gasteiger partial charge in [-0.15, -0.1) is 0 Å². The van der Waals surface area contributed by atoms with Crippen LogP contribution < -0.4 is 4.74 Å². The van der Waals surface area contributed by atoms with E-state index in [1.807, 2.05) is 66.9 Å². The van der Waals surface area contributed by atoms with Gasteiger partial charge in [-0.1, -0.05) is 60.1 Å². The number of cyclic esters (lactones) is 2. The lowest BCUT2D eigenvalue weighted by Gasteiger charge is -2.36. The Morgan fingerprint density at radius 2 is 1.57 bits per heavy atom. The first-order valence-corrected chi connectivity index (χ1v) is 11.7. The SMILES string of the molecule is CC1(C)OC(=O)C([C@@H](c2ccccc2OCc2ccc(Cl)cc2)c2c[nH]c3ccccc23)C(=O)O1. The van der Waals surface area contributed by atoms with Crippen LogP contribution in [0.2, 0.25) is 5.02 Å². The highest BCUT2D eigenvalue weighted by Gasteiger charge is 2.49. The molecule has 0 aliphatic carbocycles. The second kappa shape index (κ2) is 9.12. The highest BCUT2D eigenvalue weighted by molar-refractivity contribution is 6.30. The molecule has 7 heteroatoms. The van der Waals surface area contributed by atoms with Gasteiger partial charge in [0.2, 0.25) is 0 Å². The molecule has 1 N–H and O–H groups in total. The molecule has 2 heterocycles. The first kappa shape index (κ1) is 23.0. The number of aromatic amines is 1. The summed E-state index contributed by atoms with van der Waals surface area (Å²) in [5.41, 5.74) is 3.29. The summed E-state index contributed by atoms with van der Waals surface area (Å²) in [4.78, 5) is 29.7. The lowest BCUT2D eigenvalue weighted by atomic mass is 9.79. The van der Waals surface area contributed by atoms with Crippen LogP contribution in [0.5, 0.6) is 5.75 Å². The van der Waals surface area contributed by atoms with Crippen LogP contribution in [0.1, 0.15) is 36.5 Å². The average Bonchev–Trinajstić information content (AvgIpc) is 3.24. The quantitative estimate of drug-likeness (QED) is 0.266. The maximum Gasteiger partial charge on any atom is 0.324 e. The van der Waals surface area contributed by atoms with Crippen molar-refractivity contribution in [2.75, 3.05) is 0 Å². The second-order valence-electron chi connectivity index (χ2n) is 8.94. The molecule has 0 radical (unpaired) electrons. The first-order valence-electron chi connectivity index (χ1n) is 11.3. The smallest absolute Gasteiger partial charge is 0.324 e. The van der Waals surface area contributed by atoms with Crippen LogP contribution >= 0.6 is 11.6 Å². The number of carbonyl (C=O) groups excluding carboxylic acids is 2. The molecule has 0 saturated carbocycles. The first-order chi connectivity index (χ1) is 16.8. The predicted molar refractivity (Wildman–Crippen MR) is 132 cm³/mol. The normalized spacial score (nSPS) is 16.5. The van der Waals surface area contributed by atoms with Crippen molar-refractivity contribution < 1.29 is 23.8 Å². The van der Waals surface area contributed by atoms with Crippen molar-refractivity contribution in [1.82, 2.24) is 4.98 Å². The minimum absolute atomic E-state index is 0.293. The van der Waals surface area contributed by atoms with Crippen molar-refractivity contribution in [3.05, 3.63) is 101 Å². The fourth-order valence-electron chi connectivity index (χ4n) is 4.49. The minimum Gasteiger partial charge on any atom is -0.489 e. The number of para-hydroxylation sites is 2. The number of esters is 2. The van der Waals surface area contributed by atoms with Crippen LogP contribution in [-0.2, 0) is 25.7 Å². The summed E-state index contributed by atoms with van der Waals surface area (Å²) < 4.78 is 17.2. The van der Waals surface area contributed by atoms with E-state index in [1.165, 1.54) is 0 Å². The van der Waals surface area contributed by atoms with Gasteiger partial charge in [0.25, 0.3) is 5.79 Å². The van der Waals surface area contributed by atoms with Crippen molar-refractivity contribution in [3.8, 4) is 5.75 Å². The molecule has 0 spiro atoms. The lowest BCUT2D eigenvalue weighted by molar-refractivity contribution is -0.240. The number of H-pyrrole nitrogens is 1. The van der Waals surface area contributed by atoms with Gasteiger partial charge in [0.05, 0.1) is 0 Å². The molecule has 0 unspecified atom stereocenters. The van der Waals surface area contributed by atoms with Gasteiger partial charge in [0.15, 0.2) is 5.92 Å². The zero-order valence-corrected chi connectivity index (χ0v) is 20.0. The zero-order valence-electron chi connectivity index (χ0n) is 19.3. The van der Waals surface area contributed by atoms with Gasteiger partial charge in [0.1, 0.15) is 12.4 Å². The third kappa shape index (κ3) is 4.62. The number of carbonyl (C=O) groups is 2. The molecule has 0 amide bonds. The van der Waals surface area contributed by atoms with Crippen LogP contribution in [0.25, 0.3) is 10.9 Å². The molecule has 5 rings (SSSR count). The Labute approximate surface area is 207 Å². The average molecular weight is 490 g/mol. The Morgan fingerprint density at radius 1 is 0.914 bits per heavy atom. The molecular formula is C28H24ClNO5. The van der Waals surface area contributed by atoms with E-state index in [0.29, 0.717) is 22.9 Å². The monoisotopic (exact) mass is 489 g/mol. The van der Waals surface area contributed by atoms with Gasteiger partial charge in [0, 0.05) is 47.5 Å². The Bertz CT molecular complexity index is 1370. The van der Waals surface area contributed by atoms with Crippen LogP contribution in [0.3, 0.4) is 0 Å². The number of halogens is 1. The summed E-state index contributed by atoms with van der Waals surface area (Å²) in [6, 6.07) is 22.5. The van der Waals surface area contributed by atoms with Gasteiger partial charge in [-0.25, -0.2) is 0 Å². The van der Waals surface area contributed by atoms with Gasteiger partial charge in [-0.3, -0.25) is 9.59 Å². The summed E-state index contributed by atoms with van der Waals surface area (Å²) in [5.74, 6) is -3.91. The van der Waals surface area contributed by atoms with E-state index in [2.05, 4.69) is 4.98 Å². The third-order valence-electron chi connectivity index (χ3n) is 6.05. The molecular weight excluding hydrogens is 466 g/mol. The molecule has 6 nitrogen and oxygen atoms in total. The Balaban J connectivity index is 1.60. The van der Waals surface area contributed by atoms with Crippen molar-refractivity contribution in [2.24, 2.45) is 5.92 Å². The maximum absolute atomic E-state index is 13.2. The van der Waals surface area contributed by atoms with E-state index in [-0.39, 0.29) is 0 Å². The summed E-state index contributed by atoms with van der Waals surface area (Å²) in [7, 11) is 0. The topological polar surface area (TPSA) is 77.6 Å². The summed E-state index contributed by atoms with van der Waals surface area (Å²) in [6.45, 7) is 3.38. The highest BCUT2D eigenvalue weighted by Crippen LogP contribution is 2.43. The van der Waals surface area contributed by atoms with Crippen LogP contribution in [-0.4, -0.2) is 22.7 Å². The van der Waals surface area contributed by atoms with Crippen molar-refractivity contribution in [3.63, 3.8) is 0 Å². The predicted octanol–water partition coefficient (Wildman–Crippen LogP) is 5.98. The number of ether oxygens (including phenoxy) is 3. The summed E-state index contributed by atoms with van der Waals surface area (Å²) in [6.07, 6.45) is 1.83. The Morgan fingerprint density at radius 3 is 2.31 bits per heavy atom. The van der Waals surface area contributed by atoms with E-state index in [1.54, 1.807) is 26.0 Å². The van der Waals surface area contributed by atoms with E-state index < -0.39 is 29.6 Å². The highest BCUT2D eigenvalue weighted by atomic mass is 35.5. The number of aromatic nitrogens is 1. The Hall–Kier alpha value is -3.77. The minimum atomic E-state index is -1.32. The van der Waals surface area contributed by atoms with Crippen LogP contribution in [0.4, 0.5) is 0 Å². The fourth-order valence-corrected chi connectivity index (χ4v) is 4.62. The standard InChI is InChI=1S/C28H24ClNO5/c1-28(2)34-26(31)25(27(32)35-28)24(21-15-30-22-9-5-3-7-19(21)22)20-8-4-6-10-23(20)33-16-17-11-13-18(29)14-12-17/h3-15,24-25,30H,16H2,1-2H3/t24-/m0/s1. The largest absolute Gasteiger partial charge is 0.489 e. The molecule has 1 atom stereocenters.